The van der Waals surface area contributed by atoms with Crippen molar-refractivity contribution in [1.82, 2.24) is 14.5 Å². The molecule has 3 rings (SSSR count). The van der Waals surface area contributed by atoms with E-state index in [9.17, 15) is 0 Å². The fraction of sp³-hybridized carbons (Fsp3) is 0.300. The first-order valence-corrected chi connectivity index (χ1v) is 8.48. The van der Waals surface area contributed by atoms with Crippen LogP contribution in [-0.4, -0.2) is 35.4 Å². The number of methoxy groups -OCH3 is 2. The molecule has 6 nitrogen and oxygen atoms in total. The minimum Gasteiger partial charge on any atom is -0.494 e. The molecule has 0 bridgehead atoms. The molecule has 0 radical (unpaired) electrons. The van der Waals surface area contributed by atoms with Crippen LogP contribution in [0.1, 0.15) is 18.3 Å². The van der Waals surface area contributed by atoms with Gasteiger partial charge in [0.05, 0.1) is 26.5 Å². The van der Waals surface area contributed by atoms with Gasteiger partial charge in [-0.1, -0.05) is 12.1 Å². The second-order valence-corrected chi connectivity index (χ2v) is 5.75. The molecule has 0 aliphatic rings. The summed E-state index contributed by atoms with van der Waals surface area (Å²) in [4.78, 5) is 9.34. The molecule has 0 aliphatic carbocycles. The predicted octanol–water partition coefficient (Wildman–Crippen LogP) is 3.97. The number of hydrogen-bond acceptors (Lipinski definition) is 5. The summed E-state index contributed by atoms with van der Waals surface area (Å²) in [6, 6.07) is 11.4. The fourth-order valence-electron chi connectivity index (χ4n) is 2.88. The highest BCUT2D eigenvalue weighted by Gasteiger charge is 2.22. The van der Waals surface area contributed by atoms with Gasteiger partial charge in [-0.25, -0.2) is 9.97 Å². The van der Waals surface area contributed by atoms with Crippen molar-refractivity contribution in [2.24, 2.45) is 0 Å². The van der Waals surface area contributed by atoms with E-state index in [2.05, 4.69) is 4.98 Å². The molecule has 1 aromatic carbocycles. The number of aryl methyl sites for hydroxylation is 1. The van der Waals surface area contributed by atoms with Gasteiger partial charge in [-0.05, 0) is 39.0 Å². The van der Waals surface area contributed by atoms with E-state index < -0.39 is 0 Å². The maximum absolute atomic E-state index is 5.59. The minimum atomic E-state index is 0.559. The third-order valence-electron chi connectivity index (χ3n) is 4.21. The minimum absolute atomic E-state index is 0.559. The monoisotopic (exact) mass is 353 g/mol. The Morgan fingerprint density at radius 1 is 0.923 bits per heavy atom. The number of ether oxygens (including phenoxy) is 3. The highest BCUT2D eigenvalue weighted by Crippen LogP contribution is 2.37. The van der Waals surface area contributed by atoms with E-state index in [4.69, 9.17) is 19.2 Å². The lowest BCUT2D eigenvalue weighted by Crippen LogP contribution is -2.06. The van der Waals surface area contributed by atoms with Gasteiger partial charge in [0.25, 0.3) is 0 Å². The van der Waals surface area contributed by atoms with Gasteiger partial charge in [0.1, 0.15) is 22.9 Å². The van der Waals surface area contributed by atoms with Crippen LogP contribution in [0.4, 0.5) is 0 Å². The van der Waals surface area contributed by atoms with Gasteiger partial charge in [0.15, 0.2) is 5.82 Å². The number of hydrogen-bond donors (Lipinski definition) is 0. The zero-order valence-corrected chi connectivity index (χ0v) is 15.7. The van der Waals surface area contributed by atoms with E-state index in [-0.39, 0.29) is 0 Å². The topological polar surface area (TPSA) is 58.4 Å². The average molecular weight is 353 g/mol. The van der Waals surface area contributed by atoms with Gasteiger partial charge in [0, 0.05) is 11.8 Å². The van der Waals surface area contributed by atoms with Crippen LogP contribution in [-0.2, 0) is 0 Å². The molecule has 0 N–H and O–H groups in total. The highest BCUT2D eigenvalue weighted by atomic mass is 16.5. The number of nitrogens with zero attached hydrogens (tertiary/aromatic N) is 3. The van der Waals surface area contributed by atoms with E-state index in [0.29, 0.717) is 29.8 Å². The predicted molar refractivity (Wildman–Crippen MR) is 101 cm³/mol. The molecule has 2 aromatic heterocycles. The molecule has 0 spiro atoms. The quantitative estimate of drug-likeness (QED) is 0.671. The molecule has 0 fully saturated rings. The van der Waals surface area contributed by atoms with Crippen LogP contribution in [0, 0.1) is 13.8 Å². The van der Waals surface area contributed by atoms with Crippen LogP contribution >= 0.6 is 0 Å². The van der Waals surface area contributed by atoms with Crippen molar-refractivity contribution >= 4 is 0 Å². The lowest BCUT2D eigenvalue weighted by molar-refractivity contribution is 0.327. The van der Waals surface area contributed by atoms with Gasteiger partial charge in [-0.3, -0.25) is 4.57 Å². The zero-order valence-electron chi connectivity index (χ0n) is 15.7. The molecule has 26 heavy (non-hydrogen) atoms. The Labute approximate surface area is 153 Å². The summed E-state index contributed by atoms with van der Waals surface area (Å²) in [5.74, 6) is 2.69. The normalized spacial score (nSPS) is 10.7. The van der Waals surface area contributed by atoms with Crippen LogP contribution in [0.15, 0.2) is 36.4 Å². The first kappa shape index (κ1) is 17.8. The fourth-order valence-corrected chi connectivity index (χ4v) is 2.88. The number of imidazole rings is 1. The molecular weight excluding hydrogens is 330 g/mol. The summed E-state index contributed by atoms with van der Waals surface area (Å²) >= 11 is 0. The van der Waals surface area contributed by atoms with E-state index in [1.165, 1.54) is 0 Å². The van der Waals surface area contributed by atoms with Crippen LogP contribution in [0.3, 0.4) is 0 Å². The maximum Gasteiger partial charge on any atom is 0.213 e. The Balaban J connectivity index is 2.27. The largest absolute Gasteiger partial charge is 0.494 e. The molecule has 2 heterocycles. The molecule has 0 saturated carbocycles. The number of rotatable bonds is 6. The maximum atomic E-state index is 5.59. The molecular formula is C20H23N3O3. The Kier molecular flexibility index (Phi) is 5.11. The van der Waals surface area contributed by atoms with E-state index in [1.54, 1.807) is 14.2 Å². The molecule has 0 unspecified atom stereocenters. The molecule has 0 saturated heterocycles. The van der Waals surface area contributed by atoms with Crippen LogP contribution < -0.4 is 14.2 Å². The van der Waals surface area contributed by atoms with Gasteiger partial charge in [0.2, 0.25) is 5.88 Å². The van der Waals surface area contributed by atoms with Gasteiger partial charge >= 0.3 is 0 Å². The van der Waals surface area contributed by atoms with Crippen molar-refractivity contribution in [3.05, 3.63) is 47.8 Å². The van der Waals surface area contributed by atoms with Crippen molar-refractivity contribution in [3.8, 4) is 34.6 Å². The summed E-state index contributed by atoms with van der Waals surface area (Å²) in [7, 11) is 3.29. The molecule has 0 atom stereocenters. The summed E-state index contributed by atoms with van der Waals surface area (Å²) < 4.78 is 18.7. The Morgan fingerprint density at radius 2 is 1.58 bits per heavy atom. The second-order valence-electron chi connectivity index (χ2n) is 5.75. The van der Waals surface area contributed by atoms with Crippen molar-refractivity contribution in [2.45, 2.75) is 20.8 Å². The second kappa shape index (κ2) is 7.47. The number of benzene rings is 1. The van der Waals surface area contributed by atoms with E-state index in [0.717, 1.165) is 22.8 Å². The lowest BCUT2D eigenvalue weighted by atomic mass is 10.2. The lowest BCUT2D eigenvalue weighted by Gasteiger charge is -2.17. The Morgan fingerprint density at radius 3 is 2.19 bits per heavy atom. The smallest absolute Gasteiger partial charge is 0.213 e. The van der Waals surface area contributed by atoms with Crippen molar-refractivity contribution in [1.29, 1.82) is 0 Å². The standard InChI is InChI=1S/C20H23N3O3/c1-6-26-18-12-7-9-15(22-18)20-21-13(2)14(3)23(20)19-16(24-4)10-8-11-17(19)25-5/h7-12H,6H2,1-5H3. The average Bonchev–Trinajstić information content (AvgIpc) is 2.96. The first-order chi connectivity index (χ1) is 12.6. The Bertz CT molecular complexity index is 896. The third-order valence-corrected chi connectivity index (χ3v) is 4.21. The molecule has 3 aromatic rings. The number of para-hydroxylation sites is 1. The van der Waals surface area contributed by atoms with Crippen molar-refractivity contribution < 1.29 is 14.2 Å². The van der Waals surface area contributed by atoms with E-state index >= 15 is 0 Å². The summed E-state index contributed by atoms with van der Waals surface area (Å²) in [5.41, 5.74) is 3.43. The zero-order chi connectivity index (χ0) is 18.7. The van der Waals surface area contributed by atoms with Gasteiger partial charge in [-0.2, -0.15) is 0 Å². The van der Waals surface area contributed by atoms with Gasteiger partial charge in [-0.15, -0.1) is 0 Å². The van der Waals surface area contributed by atoms with E-state index in [1.807, 2.05) is 61.7 Å². The molecule has 6 heteroatoms. The third kappa shape index (κ3) is 3.10. The summed E-state index contributed by atoms with van der Waals surface area (Å²) in [5, 5.41) is 0. The molecule has 0 aliphatic heterocycles. The summed E-state index contributed by atoms with van der Waals surface area (Å²) in [6.07, 6.45) is 0. The van der Waals surface area contributed by atoms with Crippen molar-refractivity contribution in [3.63, 3.8) is 0 Å². The highest BCUT2D eigenvalue weighted by molar-refractivity contribution is 5.65. The SMILES string of the molecule is CCOc1cccc(-c2nc(C)c(C)n2-c2c(OC)cccc2OC)n1. The van der Waals surface area contributed by atoms with Crippen LogP contribution in [0.2, 0.25) is 0 Å². The molecule has 0 amide bonds. The van der Waals surface area contributed by atoms with Gasteiger partial charge < -0.3 is 14.2 Å². The van der Waals surface area contributed by atoms with Crippen LogP contribution in [0.5, 0.6) is 17.4 Å². The number of aromatic nitrogens is 3. The van der Waals surface area contributed by atoms with Crippen molar-refractivity contribution in [2.75, 3.05) is 20.8 Å². The summed E-state index contributed by atoms with van der Waals surface area (Å²) in [6.45, 7) is 6.49. The number of pyridine rings is 1. The van der Waals surface area contributed by atoms with Crippen LogP contribution in [0.25, 0.3) is 17.2 Å². The first-order valence-electron chi connectivity index (χ1n) is 8.48. The molecule has 136 valence electrons. The Hall–Kier alpha value is -3.02.